The molecule has 3 spiro atoms. The van der Waals surface area contributed by atoms with E-state index in [-0.39, 0.29) is 98.1 Å². The Hall–Kier alpha value is -14.1. The highest BCUT2D eigenvalue weighted by Crippen LogP contribution is 2.49. The van der Waals surface area contributed by atoms with Crippen LogP contribution in [0, 0.1) is 11.8 Å². The van der Waals surface area contributed by atoms with Gasteiger partial charge in [-0.25, -0.2) is 38.5 Å². The Bertz CT molecular complexity index is 5910. The summed E-state index contributed by atoms with van der Waals surface area (Å²) in [6.07, 6.45) is 11.0. The summed E-state index contributed by atoms with van der Waals surface area (Å²) in [6.45, 7) is 5.88. The van der Waals surface area contributed by atoms with Crippen LogP contribution in [0.4, 0.5) is 84.7 Å². The Morgan fingerprint density at radius 1 is 0.437 bits per heavy atom. The number of piperidine rings is 2. The fraction of sp³-hybridized carbons (Fsp3) is 0.371. The van der Waals surface area contributed by atoms with Gasteiger partial charge >= 0.3 is 42.6 Å². The first-order valence-corrected chi connectivity index (χ1v) is 46.0. The molecule has 0 unspecified atom stereocenters. The Balaban J connectivity index is 0.000000147. The Morgan fingerprint density at radius 2 is 0.859 bits per heavy atom. The zero-order valence-corrected chi connectivity index (χ0v) is 77.0. The third-order valence-electron chi connectivity index (χ3n) is 26.1. The number of halogens is 3. The van der Waals surface area contributed by atoms with Gasteiger partial charge in [-0.15, -0.1) is 0 Å². The summed E-state index contributed by atoms with van der Waals surface area (Å²) < 4.78 is 31.7. The van der Waals surface area contributed by atoms with Crippen molar-refractivity contribution in [2.24, 2.45) is 11.8 Å². The molecule has 3 fully saturated rings. The van der Waals surface area contributed by atoms with Gasteiger partial charge in [-0.3, -0.25) is 65.8 Å². The van der Waals surface area contributed by atoms with Crippen molar-refractivity contribution in [1.82, 2.24) is 40.0 Å². The molecular weight excluding hydrogens is 1800 g/mol. The van der Waals surface area contributed by atoms with Gasteiger partial charge in [0, 0.05) is 158 Å². The number of methoxy groups -OCH3 is 3. The number of hydrogen-bond acceptors (Lipinski definition) is 21. The van der Waals surface area contributed by atoms with Crippen LogP contribution in [0.3, 0.4) is 0 Å². The predicted molar refractivity (Wildman–Crippen MR) is 505 cm³/mol. The lowest BCUT2D eigenvalue weighted by Gasteiger charge is -2.45. The van der Waals surface area contributed by atoms with Gasteiger partial charge < -0.3 is 69.4 Å². The molecule has 38 heteroatoms. The van der Waals surface area contributed by atoms with Crippen molar-refractivity contribution < 1.29 is 86.0 Å². The van der Waals surface area contributed by atoms with Gasteiger partial charge in [-0.1, -0.05) is 80.0 Å². The van der Waals surface area contributed by atoms with Crippen LogP contribution < -0.4 is 53.2 Å². The highest BCUT2D eigenvalue weighted by atomic mass is 35.5. The Labute approximate surface area is 792 Å². The Morgan fingerprint density at radius 3 is 1.30 bits per heavy atom. The zero-order valence-electron chi connectivity index (χ0n) is 74.7. The number of pyridine rings is 2. The summed E-state index contributed by atoms with van der Waals surface area (Å²) in [5, 5.41) is 29.8. The van der Waals surface area contributed by atoms with Crippen molar-refractivity contribution in [2.45, 2.75) is 158 Å². The first kappa shape index (κ1) is 94.1. The predicted octanol–water partition coefficient (Wildman–Crippen LogP) is 19.1. The molecule has 9 aliphatic rings. The van der Waals surface area contributed by atoms with E-state index in [1.807, 2.05) is 50.2 Å². The molecule has 12 heterocycles. The molecule has 0 aliphatic carbocycles. The van der Waals surface area contributed by atoms with E-state index in [0.29, 0.717) is 193 Å². The molecule has 6 bridgehead atoms. The summed E-state index contributed by atoms with van der Waals surface area (Å²) in [6, 6.07) is 38.3. The van der Waals surface area contributed by atoms with E-state index in [1.54, 1.807) is 130 Å². The van der Waals surface area contributed by atoms with Crippen molar-refractivity contribution in [2.75, 3.05) is 108 Å². The third kappa shape index (κ3) is 21.6. The molecule has 0 radical (unpaired) electrons. The van der Waals surface area contributed by atoms with Gasteiger partial charge in [0.05, 0.1) is 93.0 Å². The second-order valence-electron chi connectivity index (χ2n) is 35.1. The molecule has 3 saturated heterocycles. The number of benzene rings is 6. The lowest BCUT2D eigenvalue weighted by Crippen LogP contribution is -2.53. The molecule has 0 saturated carbocycles. The van der Waals surface area contributed by atoms with E-state index >= 15 is 0 Å². The fourth-order valence-electron chi connectivity index (χ4n) is 19.1. The first-order chi connectivity index (χ1) is 65.0. The number of carbonyl (C=O) groups excluding carboxylic acids is 12. The number of carbonyl (C=O) groups is 12. The van der Waals surface area contributed by atoms with E-state index in [9.17, 15) is 57.5 Å². The number of aromatic nitrogens is 4. The summed E-state index contributed by atoms with van der Waals surface area (Å²) in [4.78, 5) is 176. The highest BCUT2D eigenvalue weighted by Gasteiger charge is 2.51. The van der Waals surface area contributed by atoms with Crippen molar-refractivity contribution >= 4 is 158 Å². The van der Waals surface area contributed by atoms with Crippen molar-refractivity contribution in [1.29, 1.82) is 0 Å². The van der Waals surface area contributed by atoms with E-state index in [4.69, 9.17) is 68.5 Å². The maximum Gasteiger partial charge on any atom is 0.412 e. The molecule has 135 heavy (non-hydrogen) atoms. The summed E-state index contributed by atoms with van der Waals surface area (Å²) in [5.74, 6) is -0.913. The monoisotopic (exact) mass is 1900 g/mol. The van der Waals surface area contributed by atoms with Gasteiger partial charge in [0.2, 0.25) is 29.5 Å². The third-order valence-corrected chi connectivity index (χ3v) is 26.8. The average molecular weight is 1900 g/mol. The lowest BCUT2D eigenvalue weighted by atomic mass is 9.83. The topological polar surface area (TPSA) is 445 Å². The van der Waals surface area contributed by atoms with Crippen LogP contribution in [0.5, 0.6) is 0 Å². The number of ether oxygens (including phenoxy) is 6. The van der Waals surface area contributed by atoms with Gasteiger partial charge in [0.15, 0.2) is 16.8 Å². The number of rotatable bonds is 8. The number of nitrogens with zero attached hydrogens (tertiary/aromatic N) is 6. The van der Waals surface area contributed by atoms with E-state index in [1.165, 1.54) is 21.3 Å². The smallest absolute Gasteiger partial charge is 0.412 e. The zero-order chi connectivity index (χ0) is 95.0. The number of anilines is 9. The van der Waals surface area contributed by atoms with Crippen LogP contribution in [0.15, 0.2) is 152 Å². The van der Waals surface area contributed by atoms with Crippen molar-refractivity contribution in [3.8, 4) is 33.5 Å². The molecule has 704 valence electrons. The highest BCUT2D eigenvalue weighted by molar-refractivity contribution is 6.31. The SMILES string of the molecule is COC(=O)Nc1ccc2c(c1)NC(=O)CCCC[C@H](NC(=O)N1CC[C@@]3(C1)OC(=O)Nc1ccc(Cl)cc13)c1ncc-2[nH]1.COC(=O)Nc1ccc2c(c1)NC(=O)[C@@H](C)CCC[C@H](CC(=O)N1CCC[C@@]3(C1)OC(=O)Nc1ccc(Cl)cc13)c1cc-2ccn1.COC(=O)Nc1ccc2c(c1)NC(=O)[C@H](C)CCC[C@H](CC(=O)N1CCC[C@@]3(C1)OC(=O)Nc1ccc(Cl)cc13)c1cc-2ccn1. The molecule has 13 amide bonds. The number of amides is 13. The minimum atomic E-state index is -0.997. The average Bonchev–Trinajstić information content (AvgIpc) is 1.53. The lowest BCUT2D eigenvalue weighted by molar-refractivity contribution is -0.140. The number of likely N-dealkylation sites (tertiary alicyclic amines) is 3. The maximum atomic E-state index is 14.0. The van der Waals surface area contributed by atoms with Crippen LogP contribution in [-0.4, -0.2) is 167 Å². The van der Waals surface area contributed by atoms with Crippen molar-refractivity contribution in [3.63, 3.8) is 0 Å². The van der Waals surface area contributed by atoms with Crippen LogP contribution in [0.2, 0.25) is 15.1 Å². The summed E-state index contributed by atoms with van der Waals surface area (Å²) in [7, 11) is 3.84. The molecular formula is C97H102Cl3N17O18. The number of hydrogen-bond donors (Lipinski definition) is 11. The van der Waals surface area contributed by atoms with E-state index in [0.717, 1.165) is 50.3 Å². The van der Waals surface area contributed by atoms with Crippen LogP contribution >= 0.6 is 34.8 Å². The number of urea groups is 1. The minimum Gasteiger partial charge on any atom is -0.453 e. The molecule has 9 aromatic rings. The molecule has 3 aromatic heterocycles. The fourth-order valence-corrected chi connectivity index (χ4v) is 19.6. The van der Waals surface area contributed by atoms with Gasteiger partial charge in [0.1, 0.15) is 5.82 Å². The van der Waals surface area contributed by atoms with Crippen LogP contribution in [0.25, 0.3) is 33.5 Å². The number of imidazole rings is 1. The standard InChI is InChI=1S/2C34H36ClN5O6.C29H30ClN7O6/c2*1-20-5-3-6-22(16-30(41)40-14-4-12-34(19-40)26-17-23(35)7-10-27(26)39-33(44)46-34)28-15-21(11-13-36-28)25-9-8-24(37-32(43)45-2)18-29(25)38-31(20)42;1-42-27(40)32-17-7-8-18-22(13-17)33-24(38)5-3-2-4-21(25-31-14-23(18)34-25)35-26(39)37-11-10-29(15-37)19-12-16(30)6-9-20(19)36-28(41)43-29/h2*7-11,13,15,17-18,20,22H,3-6,12,14,16,19H2,1-2H3,(H,37,43)(H,38,42)(H,39,44);6-9,12-14,21H,2-5,10-11,15H2,1H3,(H,31,34)(H,32,40)(H,33,38)(H,35,39)(H,36,41)/t20-,22+,34-;20-,22-,34+;21-,29-/m010/s1. The molecule has 35 nitrogen and oxygen atoms in total. The number of aromatic amines is 1. The largest absolute Gasteiger partial charge is 0.453 e. The second kappa shape index (κ2) is 40.8. The quantitative estimate of drug-likeness (QED) is 0.0629. The van der Waals surface area contributed by atoms with Crippen LogP contribution in [-0.2, 0) is 69.2 Å². The minimum absolute atomic E-state index is 0.0498. The van der Waals surface area contributed by atoms with Gasteiger partial charge in [-0.2, -0.15) is 0 Å². The summed E-state index contributed by atoms with van der Waals surface area (Å²) >= 11 is 18.9. The molecule has 6 aromatic carbocycles. The molecule has 8 atom stereocenters. The normalized spacial score (nSPS) is 22.1. The van der Waals surface area contributed by atoms with E-state index in [2.05, 4.69) is 67.9 Å². The van der Waals surface area contributed by atoms with Gasteiger partial charge in [-0.05, 0) is 197 Å². The summed E-state index contributed by atoms with van der Waals surface area (Å²) in [5.41, 5.74) is 10.2. The Kier molecular flexibility index (Phi) is 28.5. The molecule has 11 N–H and O–H groups in total. The first-order valence-electron chi connectivity index (χ1n) is 44.9. The molecule has 9 aliphatic heterocycles. The number of nitrogens with one attached hydrogen (secondary N) is 11. The van der Waals surface area contributed by atoms with Crippen molar-refractivity contribution in [3.05, 3.63) is 201 Å². The van der Waals surface area contributed by atoms with Crippen LogP contribution in [0.1, 0.15) is 175 Å². The number of H-pyrrole nitrogens is 1. The van der Waals surface area contributed by atoms with E-state index < -0.39 is 59.4 Å². The molecule has 18 rings (SSSR count). The maximum absolute atomic E-state index is 14.0. The van der Waals surface area contributed by atoms with Gasteiger partial charge in [0.25, 0.3) is 0 Å². The number of fused-ring (bicyclic) bond motifs is 18. The second-order valence-corrected chi connectivity index (χ2v) is 36.4.